The summed E-state index contributed by atoms with van der Waals surface area (Å²) < 4.78 is 0. The SMILES string of the molecule is Cc1cc(C)cc(CNC(CC(C)C)c2ccccc2)c1. The summed E-state index contributed by atoms with van der Waals surface area (Å²) in [6, 6.07) is 18.0. The zero-order valence-corrected chi connectivity index (χ0v) is 13.7. The van der Waals surface area contributed by atoms with Crippen molar-refractivity contribution in [3.05, 3.63) is 70.8 Å². The van der Waals surface area contributed by atoms with Crippen molar-refractivity contribution in [1.29, 1.82) is 0 Å². The third-order valence-electron chi connectivity index (χ3n) is 3.74. The van der Waals surface area contributed by atoms with Crippen molar-refractivity contribution < 1.29 is 0 Å². The van der Waals surface area contributed by atoms with E-state index in [1.165, 1.54) is 22.3 Å². The van der Waals surface area contributed by atoms with E-state index in [-0.39, 0.29) is 0 Å². The van der Waals surface area contributed by atoms with Crippen molar-refractivity contribution in [2.24, 2.45) is 5.92 Å². The molecule has 112 valence electrons. The third-order valence-corrected chi connectivity index (χ3v) is 3.74. The van der Waals surface area contributed by atoms with E-state index in [9.17, 15) is 0 Å². The van der Waals surface area contributed by atoms with E-state index in [1.807, 2.05) is 0 Å². The van der Waals surface area contributed by atoms with E-state index in [0.717, 1.165) is 13.0 Å². The minimum absolute atomic E-state index is 0.423. The largest absolute Gasteiger partial charge is 0.306 e. The van der Waals surface area contributed by atoms with Crippen LogP contribution in [0.4, 0.5) is 0 Å². The Bertz CT molecular complexity index is 537. The summed E-state index contributed by atoms with van der Waals surface area (Å²) in [6.07, 6.45) is 1.16. The predicted octanol–water partition coefficient (Wildman–Crippen LogP) is 5.18. The monoisotopic (exact) mass is 281 g/mol. The first-order valence-corrected chi connectivity index (χ1v) is 7.90. The van der Waals surface area contributed by atoms with Gasteiger partial charge in [0.25, 0.3) is 0 Å². The molecule has 0 spiro atoms. The van der Waals surface area contributed by atoms with Crippen LogP contribution in [0, 0.1) is 19.8 Å². The van der Waals surface area contributed by atoms with Crippen LogP contribution in [0.25, 0.3) is 0 Å². The number of benzene rings is 2. The molecule has 0 aliphatic carbocycles. The van der Waals surface area contributed by atoms with E-state index in [4.69, 9.17) is 0 Å². The van der Waals surface area contributed by atoms with Gasteiger partial charge in [0, 0.05) is 12.6 Å². The normalized spacial score (nSPS) is 12.6. The molecule has 0 amide bonds. The Hall–Kier alpha value is -1.60. The Morgan fingerprint density at radius 3 is 2.10 bits per heavy atom. The summed E-state index contributed by atoms with van der Waals surface area (Å²) in [5, 5.41) is 3.74. The van der Waals surface area contributed by atoms with Gasteiger partial charge in [-0.3, -0.25) is 0 Å². The van der Waals surface area contributed by atoms with Gasteiger partial charge in [0.1, 0.15) is 0 Å². The Labute approximate surface area is 129 Å². The minimum atomic E-state index is 0.423. The molecule has 21 heavy (non-hydrogen) atoms. The number of aryl methyl sites for hydroxylation is 2. The first kappa shape index (κ1) is 15.8. The summed E-state index contributed by atoms with van der Waals surface area (Å²) in [4.78, 5) is 0. The molecule has 0 radical (unpaired) electrons. The van der Waals surface area contributed by atoms with Crippen molar-refractivity contribution in [3.8, 4) is 0 Å². The first-order chi connectivity index (χ1) is 10.0. The van der Waals surface area contributed by atoms with Gasteiger partial charge < -0.3 is 5.32 Å². The van der Waals surface area contributed by atoms with Gasteiger partial charge in [0.15, 0.2) is 0 Å². The molecule has 1 nitrogen and oxygen atoms in total. The van der Waals surface area contributed by atoms with E-state index >= 15 is 0 Å². The molecule has 2 aromatic rings. The molecule has 2 aromatic carbocycles. The molecule has 1 unspecified atom stereocenters. The van der Waals surface area contributed by atoms with Crippen LogP contribution >= 0.6 is 0 Å². The molecule has 0 aliphatic heterocycles. The Kier molecular flexibility index (Phi) is 5.58. The highest BCUT2D eigenvalue weighted by atomic mass is 14.9. The van der Waals surface area contributed by atoms with Crippen molar-refractivity contribution in [1.82, 2.24) is 5.32 Å². The van der Waals surface area contributed by atoms with E-state index < -0.39 is 0 Å². The lowest BCUT2D eigenvalue weighted by molar-refractivity contribution is 0.428. The van der Waals surface area contributed by atoms with Gasteiger partial charge in [0.2, 0.25) is 0 Å². The highest BCUT2D eigenvalue weighted by molar-refractivity contribution is 5.28. The van der Waals surface area contributed by atoms with Gasteiger partial charge >= 0.3 is 0 Å². The highest BCUT2D eigenvalue weighted by Crippen LogP contribution is 2.22. The smallest absolute Gasteiger partial charge is 0.0325 e. The van der Waals surface area contributed by atoms with E-state index in [1.54, 1.807) is 0 Å². The van der Waals surface area contributed by atoms with Crippen molar-refractivity contribution >= 4 is 0 Å². The third kappa shape index (κ3) is 5.02. The van der Waals surface area contributed by atoms with Crippen molar-refractivity contribution in [2.75, 3.05) is 0 Å². The van der Waals surface area contributed by atoms with Crippen LogP contribution < -0.4 is 5.32 Å². The average molecular weight is 281 g/mol. The molecule has 0 heterocycles. The number of hydrogen-bond donors (Lipinski definition) is 1. The predicted molar refractivity (Wildman–Crippen MR) is 91.4 cm³/mol. The standard InChI is InChI=1S/C20H27N/c1-15(2)10-20(19-8-6-5-7-9-19)21-14-18-12-16(3)11-17(4)13-18/h5-9,11-13,15,20-21H,10,14H2,1-4H3. The molecule has 1 heteroatoms. The Morgan fingerprint density at radius 2 is 1.52 bits per heavy atom. The molecule has 0 bridgehead atoms. The lowest BCUT2D eigenvalue weighted by Gasteiger charge is -2.21. The number of hydrogen-bond acceptors (Lipinski definition) is 1. The fourth-order valence-corrected chi connectivity index (χ4v) is 2.91. The second kappa shape index (κ2) is 7.42. The van der Waals surface area contributed by atoms with Crippen LogP contribution in [0.1, 0.15) is 48.6 Å². The molecular formula is C20H27N. The molecule has 0 aliphatic rings. The van der Waals surface area contributed by atoms with Crippen molar-refractivity contribution in [2.45, 2.75) is 46.7 Å². The average Bonchev–Trinajstić information content (AvgIpc) is 2.43. The van der Waals surface area contributed by atoms with Gasteiger partial charge in [-0.1, -0.05) is 73.5 Å². The van der Waals surface area contributed by atoms with Crippen LogP contribution in [0.2, 0.25) is 0 Å². The Balaban J connectivity index is 2.08. The molecule has 0 aromatic heterocycles. The maximum Gasteiger partial charge on any atom is 0.0325 e. The Morgan fingerprint density at radius 1 is 0.905 bits per heavy atom. The van der Waals surface area contributed by atoms with Crippen LogP contribution in [-0.4, -0.2) is 0 Å². The van der Waals surface area contributed by atoms with Crippen LogP contribution in [0.15, 0.2) is 48.5 Å². The van der Waals surface area contributed by atoms with E-state index in [0.29, 0.717) is 12.0 Å². The summed E-state index contributed by atoms with van der Waals surface area (Å²) in [7, 11) is 0. The topological polar surface area (TPSA) is 12.0 Å². The van der Waals surface area contributed by atoms with Crippen molar-refractivity contribution in [3.63, 3.8) is 0 Å². The lowest BCUT2D eigenvalue weighted by Crippen LogP contribution is -2.22. The summed E-state index contributed by atoms with van der Waals surface area (Å²) in [5.74, 6) is 0.682. The zero-order chi connectivity index (χ0) is 15.2. The second-order valence-electron chi connectivity index (χ2n) is 6.47. The van der Waals surface area contributed by atoms with Crippen LogP contribution in [0.5, 0.6) is 0 Å². The van der Waals surface area contributed by atoms with Crippen LogP contribution in [0.3, 0.4) is 0 Å². The first-order valence-electron chi connectivity index (χ1n) is 7.90. The van der Waals surface area contributed by atoms with Gasteiger partial charge in [-0.2, -0.15) is 0 Å². The quantitative estimate of drug-likeness (QED) is 0.769. The number of rotatable bonds is 6. The van der Waals surface area contributed by atoms with Crippen LogP contribution in [-0.2, 0) is 6.54 Å². The fourth-order valence-electron chi connectivity index (χ4n) is 2.91. The maximum atomic E-state index is 3.74. The molecule has 0 saturated carbocycles. The minimum Gasteiger partial charge on any atom is -0.306 e. The highest BCUT2D eigenvalue weighted by Gasteiger charge is 2.12. The lowest BCUT2D eigenvalue weighted by atomic mass is 9.96. The van der Waals surface area contributed by atoms with Gasteiger partial charge in [-0.25, -0.2) is 0 Å². The number of nitrogens with one attached hydrogen (secondary N) is 1. The molecule has 1 atom stereocenters. The van der Waals surface area contributed by atoms with E-state index in [2.05, 4.69) is 81.5 Å². The summed E-state index contributed by atoms with van der Waals surface area (Å²) >= 11 is 0. The maximum absolute atomic E-state index is 3.74. The summed E-state index contributed by atoms with van der Waals surface area (Å²) in [5.41, 5.74) is 5.44. The molecule has 1 N–H and O–H groups in total. The fraction of sp³-hybridized carbons (Fsp3) is 0.400. The van der Waals surface area contributed by atoms with Gasteiger partial charge in [-0.15, -0.1) is 0 Å². The van der Waals surface area contributed by atoms with Gasteiger partial charge in [0.05, 0.1) is 0 Å². The molecular weight excluding hydrogens is 254 g/mol. The molecule has 2 rings (SSSR count). The summed E-state index contributed by atoms with van der Waals surface area (Å²) in [6.45, 7) is 9.83. The zero-order valence-electron chi connectivity index (χ0n) is 13.7. The molecule has 0 saturated heterocycles. The second-order valence-corrected chi connectivity index (χ2v) is 6.47. The molecule has 0 fully saturated rings. The van der Waals surface area contributed by atoms with Gasteiger partial charge in [-0.05, 0) is 37.3 Å².